The molecule has 10 heteroatoms. The molecule has 0 unspecified atom stereocenters. The highest BCUT2D eigenvalue weighted by Crippen LogP contribution is 2.41. The van der Waals surface area contributed by atoms with Gasteiger partial charge < -0.3 is 19.4 Å². The summed E-state index contributed by atoms with van der Waals surface area (Å²) >= 11 is 0. The number of hydrogen-bond acceptors (Lipinski definition) is 6. The molecule has 0 spiro atoms. The SMILES string of the molecule is C=CC(=O)N1CCN(c2nc(OC)nc3c2CCN(c2cccc4cccc(C(F)(F)F)c24)C3)CC1. The van der Waals surface area contributed by atoms with E-state index in [1.165, 1.54) is 19.3 Å². The number of anilines is 2. The Morgan fingerprint density at radius 1 is 1.03 bits per heavy atom. The van der Waals surface area contributed by atoms with E-state index in [9.17, 15) is 18.0 Å². The maximum atomic E-state index is 13.9. The lowest BCUT2D eigenvalue weighted by atomic mass is 9.99. The first-order valence-electron chi connectivity index (χ1n) is 11.7. The molecule has 1 aromatic heterocycles. The Balaban J connectivity index is 1.49. The zero-order valence-corrected chi connectivity index (χ0v) is 19.9. The third kappa shape index (κ3) is 4.31. The number of nitrogens with zero attached hydrogens (tertiary/aromatic N) is 5. The van der Waals surface area contributed by atoms with Crippen LogP contribution in [0.25, 0.3) is 10.8 Å². The van der Waals surface area contributed by atoms with Gasteiger partial charge in [0.05, 0.1) is 24.9 Å². The fourth-order valence-corrected chi connectivity index (χ4v) is 5.04. The molecule has 3 aromatic rings. The highest BCUT2D eigenvalue weighted by atomic mass is 19.4. The van der Waals surface area contributed by atoms with Crippen molar-refractivity contribution < 1.29 is 22.7 Å². The summed E-state index contributed by atoms with van der Waals surface area (Å²) < 4.78 is 47.0. The molecule has 5 rings (SSSR count). The van der Waals surface area contributed by atoms with Crippen molar-refractivity contribution in [2.75, 3.05) is 49.6 Å². The van der Waals surface area contributed by atoms with Gasteiger partial charge in [0.2, 0.25) is 5.91 Å². The molecule has 2 aliphatic rings. The number of fused-ring (bicyclic) bond motifs is 2. The van der Waals surface area contributed by atoms with Gasteiger partial charge in [-0.25, -0.2) is 0 Å². The van der Waals surface area contributed by atoms with Crippen molar-refractivity contribution in [2.45, 2.75) is 19.1 Å². The summed E-state index contributed by atoms with van der Waals surface area (Å²) in [6, 6.07) is 9.69. The first kappa shape index (κ1) is 23.9. The van der Waals surface area contributed by atoms with Crippen LogP contribution in [0.1, 0.15) is 16.8 Å². The monoisotopic (exact) mass is 497 g/mol. The number of hydrogen-bond donors (Lipinski definition) is 0. The van der Waals surface area contributed by atoms with Crippen LogP contribution in [0.5, 0.6) is 6.01 Å². The average molecular weight is 498 g/mol. The van der Waals surface area contributed by atoms with Crippen LogP contribution in [-0.4, -0.2) is 60.6 Å². The van der Waals surface area contributed by atoms with Gasteiger partial charge in [0.15, 0.2) is 0 Å². The quantitative estimate of drug-likeness (QED) is 0.507. The largest absolute Gasteiger partial charge is 0.467 e. The van der Waals surface area contributed by atoms with Crippen molar-refractivity contribution in [3.63, 3.8) is 0 Å². The first-order valence-corrected chi connectivity index (χ1v) is 11.7. The van der Waals surface area contributed by atoms with Gasteiger partial charge in [-0.1, -0.05) is 30.8 Å². The highest BCUT2D eigenvalue weighted by molar-refractivity contribution is 5.97. The van der Waals surface area contributed by atoms with Crippen LogP contribution < -0.4 is 14.5 Å². The van der Waals surface area contributed by atoms with Crippen molar-refractivity contribution in [2.24, 2.45) is 0 Å². The van der Waals surface area contributed by atoms with E-state index in [4.69, 9.17) is 4.74 Å². The van der Waals surface area contributed by atoms with E-state index in [0.29, 0.717) is 56.8 Å². The van der Waals surface area contributed by atoms with Gasteiger partial charge in [-0.3, -0.25) is 4.79 Å². The predicted molar refractivity (Wildman–Crippen MR) is 131 cm³/mol. The summed E-state index contributed by atoms with van der Waals surface area (Å²) in [6.07, 6.45) is -2.57. The molecule has 0 atom stereocenters. The number of rotatable bonds is 4. The lowest BCUT2D eigenvalue weighted by Crippen LogP contribution is -2.49. The molecule has 7 nitrogen and oxygen atoms in total. The van der Waals surface area contributed by atoms with Crippen LogP contribution in [-0.2, 0) is 23.9 Å². The molecule has 3 heterocycles. The van der Waals surface area contributed by atoms with E-state index < -0.39 is 11.7 Å². The number of methoxy groups -OCH3 is 1. The molecule has 0 saturated carbocycles. The van der Waals surface area contributed by atoms with Gasteiger partial charge in [0.25, 0.3) is 0 Å². The summed E-state index contributed by atoms with van der Waals surface area (Å²) in [4.78, 5) is 26.9. The van der Waals surface area contributed by atoms with E-state index >= 15 is 0 Å². The van der Waals surface area contributed by atoms with Gasteiger partial charge in [-0.2, -0.15) is 23.1 Å². The van der Waals surface area contributed by atoms with Crippen LogP contribution in [0.2, 0.25) is 0 Å². The smallest absolute Gasteiger partial charge is 0.417 e. The highest BCUT2D eigenvalue weighted by Gasteiger charge is 2.35. The normalized spacial score (nSPS) is 16.2. The Morgan fingerprint density at radius 3 is 2.42 bits per heavy atom. The van der Waals surface area contributed by atoms with Crippen LogP contribution in [0.4, 0.5) is 24.7 Å². The molecule has 2 aliphatic heterocycles. The summed E-state index contributed by atoms with van der Waals surface area (Å²) in [7, 11) is 1.49. The number of benzene rings is 2. The maximum Gasteiger partial charge on any atom is 0.417 e. The number of alkyl halides is 3. The van der Waals surface area contributed by atoms with Crippen LogP contribution >= 0.6 is 0 Å². The van der Waals surface area contributed by atoms with Gasteiger partial charge in [0.1, 0.15) is 5.82 Å². The lowest BCUT2D eigenvalue weighted by molar-refractivity contribution is -0.136. The minimum atomic E-state index is -4.46. The minimum Gasteiger partial charge on any atom is -0.467 e. The standard InChI is InChI=1S/C26H26F3N5O2/c1-3-22(35)32-12-14-33(15-13-32)24-18-10-11-34(16-20(18)30-25(31-24)36-2)21-9-5-7-17-6-4-8-19(23(17)21)26(27,28)29/h3-9H,1,10-16H2,2H3. The number of carbonyl (C=O) groups excluding carboxylic acids is 1. The van der Waals surface area contributed by atoms with Gasteiger partial charge in [-0.05, 0) is 30.0 Å². The average Bonchev–Trinajstić information content (AvgIpc) is 2.90. The Kier molecular flexibility index (Phi) is 6.19. The van der Waals surface area contributed by atoms with Crippen molar-refractivity contribution >= 4 is 28.2 Å². The second-order valence-electron chi connectivity index (χ2n) is 8.83. The lowest BCUT2D eigenvalue weighted by Gasteiger charge is -2.38. The summed E-state index contributed by atoms with van der Waals surface area (Å²) in [5, 5.41) is 0.737. The minimum absolute atomic E-state index is 0.0964. The second kappa shape index (κ2) is 9.33. The Morgan fingerprint density at radius 2 is 1.75 bits per heavy atom. The Bertz CT molecular complexity index is 1310. The topological polar surface area (TPSA) is 61.8 Å². The third-order valence-corrected chi connectivity index (χ3v) is 6.80. The molecular formula is C26H26F3N5O2. The van der Waals surface area contributed by atoms with Crippen molar-refractivity contribution in [3.05, 3.63) is 65.9 Å². The van der Waals surface area contributed by atoms with E-state index in [0.717, 1.165) is 23.1 Å². The number of piperazine rings is 1. The molecule has 2 aromatic carbocycles. The Hall–Kier alpha value is -3.82. The van der Waals surface area contributed by atoms with Crippen molar-refractivity contribution in [1.29, 1.82) is 0 Å². The first-order chi connectivity index (χ1) is 17.3. The van der Waals surface area contributed by atoms with Crippen LogP contribution in [0.3, 0.4) is 0 Å². The summed E-state index contributed by atoms with van der Waals surface area (Å²) in [5.74, 6) is 0.664. The third-order valence-electron chi connectivity index (χ3n) is 6.80. The molecule has 0 N–H and O–H groups in total. The van der Waals surface area contributed by atoms with Crippen molar-refractivity contribution in [1.82, 2.24) is 14.9 Å². The van der Waals surface area contributed by atoms with Crippen LogP contribution in [0, 0.1) is 0 Å². The van der Waals surface area contributed by atoms with E-state index in [1.54, 1.807) is 29.2 Å². The number of amides is 1. The number of carbonyl (C=O) groups is 1. The molecule has 36 heavy (non-hydrogen) atoms. The fourth-order valence-electron chi connectivity index (χ4n) is 5.04. The van der Waals surface area contributed by atoms with E-state index in [-0.39, 0.29) is 17.3 Å². The maximum absolute atomic E-state index is 13.9. The summed E-state index contributed by atoms with van der Waals surface area (Å²) in [5.41, 5.74) is 1.58. The summed E-state index contributed by atoms with van der Waals surface area (Å²) in [6.45, 7) is 6.72. The molecule has 0 radical (unpaired) electrons. The van der Waals surface area contributed by atoms with Crippen LogP contribution in [0.15, 0.2) is 49.1 Å². The molecule has 0 aliphatic carbocycles. The van der Waals surface area contributed by atoms with E-state index in [2.05, 4.69) is 21.4 Å². The molecule has 1 fully saturated rings. The molecule has 1 saturated heterocycles. The van der Waals surface area contributed by atoms with Gasteiger partial charge in [-0.15, -0.1) is 0 Å². The Labute approximate surface area is 206 Å². The van der Waals surface area contributed by atoms with E-state index in [1.807, 2.05) is 4.90 Å². The number of ether oxygens (including phenoxy) is 1. The predicted octanol–water partition coefficient (Wildman–Crippen LogP) is 4.05. The zero-order valence-electron chi connectivity index (χ0n) is 19.9. The number of halogens is 3. The van der Waals surface area contributed by atoms with Crippen molar-refractivity contribution in [3.8, 4) is 6.01 Å². The zero-order chi connectivity index (χ0) is 25.4. The number of aromatic nitrogens is 2. The molecule has 1 amide bonds. The fraction of sp³-hybridized carbons (Fsp3) is 0.346. The second-order valence-corrected chi connectivity index (χ2v) is 8.83. The van der Waals surface area contributed by atoms with Gasteiger partial charge >= 0.3 is 12.2 Å². The molecule has 188 valence electrons. The molecule has 0 bridgehead atoms. The molecular weight excluding hydrogens is 471 g/mol. The van der Waals surface area contributed by atoms with Gasteiger partial charge in [0, 0.05) is 49.4 Å².